The van der Waals surface area contributed by atoms with Crippen molar-refractivity contribution in [3.8, 4) is 0 Å². The molecular weight excluding hydrogens is 324 g/mol. The number of hydrogen-bond acceptors (Lipinski definition) is 1. The van der Waals surface area contributed by atoms with Crippen molar-refractivity contribution in [1.82, 2.24) is 4.90 Å². The van der Waals surface area contributed by atoms with Gasteiger partial charge in [-0.25, -0.2) is 4.79 Å². The van der Waals surface area contributed by atoms with Crippen molar-refractivity contribution in [1.29, 1.82) is 0 Å². The highest BCUT2D eigenvalue weighted by atomic mass is 79.9. The van der Waals surface area contributed by atoms with E-state index in [4.69, 9.17) is 0 Å². The Morgan fingerprint density at radius 1 is 1.47 bits per heavy atom. The minimum absolute atomic E-state index is 0.115. The van der Waals surface area contributed by atoms with Crippen molar-refractivity contribution < 1.29 is 4.79 Å². The lowest BCUT2D eigenvalue weighted by atomic mass is 10.3. The Morgan fingerprint density at radius 3 is 2.73 bits per heavy atom. The van der Waals surface area contributed by atoms with E-state index >= 15 is 0 Å². The van der Waals surface area contributed by atoms with E-state index in [1.54, 1.807) is 11.9 Å². The summed E-state index contributed by atoms with van der Waals surface area (Å²) < 4.78 is 1.80. The molecule has 0 radical (unpaired) electrons. The van der Waals surface area contributed by atoms with Gasteiger partial charge in [0.1, 0.15) is 0 Å². The third kappa shape index (κ3) is 3.50. The second kappa shape index (κ2) is 5.51. The first-order chi connectivity index (χ1) is 7.04. The van der Waals surface area contributed by atoms with Gasteiger partial charge in [-0.05, 0) is 41.1 Å². The van der Waals surface area contributed by atoms with Crippen LogP contribution >= 0.6 is 31.9 Å². The molecule has 0 saturated heterocycles. The number of anilines is 1. The molecule has 3 nitrogen and oxygen atoms in total. The van der Waals surface area contributed by atoms with E-state index < -0.39 is 0 Å². The summed E-state index contributed by atoms with van der Waals surface area (Å²) in [6.45, 7) is 2.60. The summed E-state index contributed by atoms with van der Waals surface area (Å²) in [6, 6.07) is 5.52. The van der Waals surface area contributed by atoms with Gasteiger partial charge in [0.2, 0.25) is 0 Å². The topological polar surface area (TPSA) is 32.3 Å². The Kier molecular flexibility index (Phi) is 4.60. The number of nitrogens with one attached hydrogen (secondary N) is 1. The minimum atomic E-state index is -0.115. The fourth-order valence-electron chi connectivity index (χ4n) is 0.948. The molecule has 0 bridgehead atoms. The van der Waals surface area contributed by atoms with Crippen molar-refractivity contribution >= 4 is 43.6 Å². The first-order valence-electron chi connectivity index (χ1n) is 4.51. The molecule has 1 aromatic rings. The van der Waals surface area contributed by atoms with Gasteiger partial charge < -0.3 is 10.2 Å². The fraction of sp³-hybridized carbons (Fsp3) is 0.300. The zero-order valence-corrected chi connectivity index (χ0v) is 11.7. The quantitative estimate of drug-likeness (QED) is 0.878. The maximum Gasteiger partial charge on any atom is 0.321 e. The van der Waals surface area contributed by atoms with Crippen LogP contribution in [-0.2, 0) is 0 Å². The van der Waals surface area contributed by atoms with Gasteiger partial charge in [0, 0.05) is 22.5 Å². The second-order valence-corrected chi connectivity index (χ2v) is 4.84. The minimum Gasteiger partial charge on any atom is -0.328 e. The van der Waals surface area contributed by atoms with E-state index in [9.17, 15) is 4.79 Å². The molecule has 82 valence electrons. The Bertz CT molecular complexity index is 368. The second-order valence-electron chi connectivity index (χ2n) is 3.07. The van der Waals surface area contributed by atoms with Crippen LogP contribution in [0.2, 0.25) is 0 Å². The Balaban J connectivity index is 2.80. The highest BCUT2D eigenvalue weighted by Gasteiger charge is 2.08. The Hall–Kier alpha value is -0.550. The van der Waals surface area contributed by atoms with E-state index in [1.807, 2.05) is 25.1 Å². The molecule has 1 N–H and O–H groups in total. The normalized spacial score (nSPS) is 9.87. The van der Waals surface area contributed by atoms with E-state index in [2.05, 4.69) is 37.2 Å². The number of nitrogens with zero attached hydrogens (tertiary/aromatic N) is 1. The molecule has 1 rings (SSSR count). The van der Waals surface area contributed by atoms with Crippen LogP contribution in [0.3, 0.4) is 0 Å². The molecule has 2 amide bonds. The summed E-state index contributed by atoms with van der Waals surface area (Å²) in [4.78, 5) is 13.2. The average molecular weight is 336 g/mol. The number of urea groups is 1. The van der Waals surface area contributed by atoms with Gasteiger partial charge in [-0.1, -0.05) is 15.9 Å². The zero-order valence-electron chi connectivity index (χ0n) is 8.55. The number of carbonyl (C=O) groups is 1. The molecule has 0 aliphatic carbocycles. The maximum atomic E-state index is 11.6. The summed E-state index contributed by atoms with van der Waals surface area (Å²) in [7, 11) is 1.75. The number of amides is 2. The lowest BCUT2D eigenvalue weighted by Gasteiger charge is -2.16. The third-order valence-corrected chi connectivity index (χ3v) is 3.18. The van der Waals surface area contributed by atoms with Gasteiger partial charge in [-0.15, -0.1) is 0 Å². The summed E-state index contributed by atoms with van der Waals surface area (Å²) in [6.07, 6.45) is 0. The molecule has 0 atom stereocenters. The summed E-state index contributed by atoms with van der Waals surface area (Å²) in [5.74, 6) is 0. The fourth-order valence-corrected chi connectivity index (χ4v) is 1.65. The van der Waals surface area contributed by atoms with Crippen LogP contribution in [0.15, 0.2) is 27.1 Å². The van der Waals surface area contributed by atoms with E-state index in [0.717, 1.165) is 14.6 Å². The van der Waals surface area contributed by atoms with E-state index in [1.165, 1.54) is 0 Å². The molecule has 0 saturated carbocycles. The lowest BCUT2D eigenvalue weighted by Crippen LogP contribution is -2.31. The molecule has 0 aliphatic heterocycles. The van der Waals surface area contributed by atoms with E-state index in [-0.39, 0.29) is 6.03 Å². The SMILES string of the molecule is CCN(C)C(=O)Nc1cc(Br)ccc1Br. The molecule has 15 heavy (non-hydrogen) atoms. The van der Waals surface area contributed by atoms with Gasteiger partial charge in [0.05, 0.1) is 5.69 Å². The zero-order chi connectivity index (χ0) is 11.4. The number of rotatable bonds is 2. The van der Waals surface area contributed by atoms with Gasteiger partial charge in [-0.2, -0.15) is 0 Å². The molecule has 1 aromatic carbocycles. The number of hydrogen-bond donors (Lipinski definition) is 1. The van der Waals surface area contributed by atoms with Crippen LogP contribution in [0.4, 0.5) is 10.5 Å². The summed E-state index contributed by atoms with van der Waals surface area (Å²) >= 11 is 6.73. The highest BCUT2D eigenvalue weighted by molar-refractivity contribution is 9.11. The first kappa shape index (κ1) is 12.5. The first-order valence-corrected chi connectivity index (χ1v) is 6.10. The van der Waals surface area contributed by atoms with Crippen LogP contribution in [0.5, 0.6) is 0 Å². The van der Waals surface area contributed by atoms with Crippen molar-refractivity contribution in [2.24, 2.45) is 0 Å². The predicted octanol–water partition coefficient (Wildman–Crippen LogP) is 3.70. The molecule has 0 aliphatic rings. The summed E-state index contributed by atoms with van der Waals surface area (Å²) in [5.41, 5.74) is 0.759. The number of halogens is 2. The summed E-state index contributed by atoms with van der Waals surface area (Å²) in [5, 5.41) is 2.81. The monoisotopic (exact) mass is 334 g/mol. The van der Waals surface area contributed by atoms with Crippen LogP contribution in [0, 0.1) is 0 Å². The largest absolute Gasteiger partial charge is 0.328 e. The van der Waals surface area contributed by atoms with Crippen LogP contribution in [-0.4, -0.2) is 24.5 Å². The molecule has 0 unspecified atom stereocenters. The van der Waals surface area contributed by atoms with Crippen molar-refractivity contribution in [3.05, 3.63) is 27.1 Å². The lowest BCUT2D eigenvalue weighted by molar-refractivity contribution is 0.224. The van der Waals surface area contributed by atoms with Crippen LogP contribution in [0.1, 0.15) is 6.92 Å². The molecule has 5 heteroatoms. The molecule has 0 heterocycles. The highest BCUT2D eigenvalue weighted by Crippen LogP contribution is 2.26. The standard InChI is InChI=1S/C10H12Br2N2O/c1-3-14(2)10(15)13-9-6-7(11)4-5-8(9)12/h4-6H,3H2,1-2H3,(H,13,15). The van der Waals surface area contributed by atoms with E-state index in [0.29, 0.717) is 6.54 Å². The average Bonchev–Trinajstić information content (AvgIpc) is 2.22. The molecule has 0 spiro atoms. The number of benzene rings is 1. The molecular formula is C10H12Br2N2O. The maximum absolute atomic E-state index is 11.6. The number of carbonyl (C=O) groups excluding carboxylic acids is 1. The van der Waals surface area contributed by atoms with Gasteiger partial charge >= 0.3 is 6.03 Å². The smallest absolute Gasteiger partial charge is 0.321 e. The Labute approximate surface area is 106 Å². The van der Waals surface area contributed by atoms with Crippen LogP contribution in [0.25, 0.3) is 0 Å². The predicted molar refractivity (Wildman–Crippen MR) is 69.2 cm³/mol. The van der Waals surface area contributed by atoms with Crippen molar-refractivity contribution in [3.63, 3.8) is 0 Å². The molecule has 0 aromatic heterocycles. The van der Waals surface area contributed by atoms with Crippen molar-refractivity contribution in [2.45, 2.75) is 6.92 Å². The van der Waals surface area contributed by atoms with Crippen LogP contribution < -0.4 is 5.32 Å². The van der Waals surface area contributed by atoms with Gasteiger partial charge in [0.25, 0.3) is 0 Å². The molecule has 0 fully saturated rings. The van der Waals surface area contributed by atoms with Crippen molar-refractivity contribution in [2.75, 3.05) is 18.9 Å². The van der Waals surface area contributed by atoms with Gasteiger partial charge in [-0.3, -0.25) is 0 Å². The third-order valence-electron chi connectivity index (χ3n) is 1.99. The Morgan fingerprint density at radius 2 is 2.13 bits per heavy atom. The van der Waals surface area contributed by atoms with Gasteiger partial charge in [0.15, 0.2) is 0 Å².